The molecule has 0 radical (unpaired) electrons. The molecule has 0 rings (SSSR count). The van der Waals surface area contributed by atoms with E-state index in [-0.39, 0.29) is 5.97 Å². The molecule has 0 unspecified atom stereocenters. The van der Waals surface area contributed by atoms with Gasteiger partial charge < -0.3 is 4.74 Å². The van der Waals surface area contributed by atoms with Crippen LogP contribution < -0.4 is 0 Å². The minimum absolute atomic E-state index is 0.243. The van der Waals surface area contributed by atoms with Gasteiger partial charge in [-0.25, -0.2) is 4.79 Å². The summed E-state index contributed by atoms with van der Waals surface area (Å²) in [4.78, 5) is 12.0. The van der Waals surface area contributed by atoms with Crippen LogP contribution in [0.1, 0.15) is 113 Å². The number of carbonyl (C=O) groups is 1. The van der Waals surface area contributed by atoms with Crippen LogP contribution in [-0.4, -0.2) is 12.6 Å². The summed E-state index contributed by atoms with van der Waals surface area (Å²) in [5.74, 6) is -0.243. The van der Waals surface area contributed by atoms with Gasteiger partial charge in [-0.3, -0.25) is 0 Å². The van der Waals surface area contributed by atoms with Crippen molar-refractivity contribution in [2.45, 2.75) is 113 Å². The highest BCUT2D eigenvalue weighted by Gasteiger charge is 2.00. The second-order valence-electron chi connectivity index (χ2n) is 9.84. The lowest BCUT2D eigenvalue weighted by Crippen LogP contribution is -2.02. The lowest BCUT2D eigenvalue weighted by atomic mass is 10.1. The zero-order valence-corrected chi connectivity index (χ0v) is 22.9. The fourth-order valence-corrected chi connectivity index (χ4v) is 3.34. The van der Waals surface area contributed by atoms with Gasteiger partial charge >= 0.3 is 5.97 Å². The Morgan fingerprint density at radius 3 is 1.58 bits per heavy atom. The van der Waals surface area contributed by atoms with Crippen LogP contribution in [0.15, 0.2) is 69.9 Å². The van der Waals surface area contributed by atoms with Gasteiger partial charge in [0, 0.05) is 6.08 Å². The third-order valence-corrected chi connectivity index (χ3v) is 5.50. The molecule has 0 amide bonds. The van der Waals surface area contributed by atoms with Crippen molar-refractivity contribution in [1.82, 2.24) is 0 Å². The minimum Gasteiger partial charge on any atom is -0.458 e. The molecule has 0 fully saturated rings. The van der Waals surface area contributed by atoms with Crippen LogP contribution in [0, 0.1) is 0 Å². The summed E-state index contributed by atoms with van der Waals surface area (Å²) >= 11 is 0. The van der Waals surface area contributed by atoms with Crippen molar-refractivity contribution >= 4 is 5.97 Å². The summed E-state index contributed by atoms with van der Waals surface area (Å²) < 4.78 is 5.36. The molecule has 0 aliphatic rings. The zero-order valence-electron chi connectivity index (χ0n) is 22.9. The number of unbranched alkanes of at least 4 members (excludes halogenated alkanes) is 1. The van der Waals surface area contributed by atoms with E-state index in [0.29, 0.717) is 6.61 Å². The third-order valence-electron chi connectivity index (χ3n) is 5.50. The van der Waals surface area contributed by atoms with E-state index in [1.54, 1.807) is 6.08 Å². The maximum absolute atomic E-state index is 12.0. The number of esters is 1. The maximum atomic E-state index is 12.0. The monoisotopic (exact) mass is 454 g/mol. The van der Waals surface area contributed by atoms with Gasteiger partial charge in [0.25, 0.3) is 0 Å². The molecule has 186 valence electrons. The summed E-state index contributed by atoms with van der Waals surface area (Å²) in [5, 5.41) is 0. The van der Waals surface area contributed by atoms with Gasteiger partial charge in [0.15, 0.2) is 0 Å². The predicted octanol–water partition coefficient (Wildman–Crippen LogP) is 9.76. The molecule has 0 saturated carbocycles. The molecule has 0 N–H and O–H groups in total. The van der Waals surface area contributed by atoms with Crippen LogP contribution in [0.5, 0.6) is 0 Å². The Balaban J connectivity index is 4.16. The summed E-state index contributed by atoms with van der Waals surface area (Å²) in [6, 6.07) is 0. The van der Waals surface area contributed by atoms with E-state index in [0.717, 1.165) is 44.1 Å². The molecule has 0 atom stereocenters. The van der Waals surface area contributed by atoms with E-state index < -0.39 is 0 Å². The van der Waals surface area contributed by atoms with Gasteiger partial charge in [-0.1, -0.05) is 57.7 Å². The van der Waals surface area contributed by atoms with Crippen molar-refractivity contribution in [3.63, 3.8) is 0 Å². The second-order valence-corrected chi connectivity index (χ2v) is 9.84. The Labute approximate surface area is 205 Å². The van der Waals surface area contributed by atoms with Crippen molar-refractivity contribution in [3.05, 3.63) is 69.9 Å². The van der Waals surface area contributed by atoms with Gasteiger partial charge in [-0.2, -0.15) is 0 Å². The van der Waals surface area contributed by atoms with E-state index in [1.165, 1.54) is 47.1 Å². The van der Waals surface area contributed by atoms with Crippen molar-refractivity contribution in [2.24, 2.45) is 0 Å². The molecule has 2 nitrogen and oxygen atoms in total. The molecular weight excluding hydrogens is 404 g/mol. The molecule has 0 aromatic heterocycles. The normalized spacial score (nSPS) is 13.1. The average Bonchev–Trinajstić information content (AvgIpc) is 2.70. The molecule has 0 aromatic carbocycles. The van der Waals surface area contributed by atoms with Crippen molar-refractivity contribution in [3.8, 4) is 0 Å². The van der Waals surface area contributed by atoms with Crippen molar-refractivity contribution < 1.29 is 9.53 Å². The van der Waals surface area contributed by atoms with Gasteiger partial charge in [0.1, 0.15) is 6.61 Å². The zero-order chi connectivity index (χ0) is 25.1. The largest absolute Gasteiger partial charge is 0.458 e. The number of allylic oxidation sites excluding steroid dienone is 10. The lowest BCUT2D eigenvalue weighted by molar-refractivity contribution is -0.136. The van der Waals surface area contributed by atoms with Gasteiger partial charge in [-0.05, 0) is 119 Å². The van der Waals surface area contributed by atoms with Crippen LogP contribution in [0.4, 0.5) is 0 Å². The van der Waals surface area contributed by atoms with Crippen LogP contribution in [-0.2, 0) is 9.53 Å². The molecule has 0 bridgehead atoms. The summed E-state index contributed by atoms with van der Waals surface area (Å²) in [6.07, 6.45) is 22.6. The van der Waals surface area contributed by atoms with Gasteiger partial charge in [0.2, 0.25) is 0 Å². The molecule has 2 heteroatoms. The number of carbonyl (C=O) groups excluding carboxylic acids is 1. The first-order valence-electron chi connectivity index (χ1n) is 12.7. The summed E-state index contributed by atoms with van der Waals surface area (Å²) in [7, 11) is 0. The quantitative estimate of drug-likeness (QED) is 0.100. The predicted molar refractivity (Wildman–Crippen MR) is 146 cm³/mol. The number of hydrogen-bond donors (Lipinski definition) is 0. The highest BCUT2D eigenvalue weighted by Crippen LogP contribution is 2.13. The smallest absolute Gasteiger partial charge is 0.331 e. The number of rotatable bonds is 16. The molecule has 0 saturated heterocycles. The molecule has 0 aliphatic heterocycles. The second kappa shape index (κ2) is 19.4. The highest BCUT2D eigenvalue weighted by atomic mass is 16.5. The Morgan fingerprint density at radius 2 is 1.00 bits per heavy atom. The first-order chi connectivity index (χ1) is 15.6. The Kier molecular flexibility index (Phi) is 18.2. The fourth-order valence-electron chi connectivity index (χ4n) is 3.34. The Bertz CT molecular complexity index is 746. The van der Waals surface area contributed by atoms with E-state index in [4.69, 9.17) is 4.74 Å². The third kappa shape index (κ3) is 21.5. The molecule has 0 aliphatic carbocycles. The highest BCUT2D eigenvalue weighted by molar-refractivity contribution is 5.82. The topological polar surface area (TPSA) is 26.3 Å². The Hall–Kier alpha value is -2.09. The van der Waals surface area contributed by atoms with Crippen LogP contribution >= 0.6 is 0 Å². The molecular formula is C31H50O2. The number of hydrogen-bond acceptors (Lipinski definition) is 2. The van der Waals surface area contributed by atoms with E-state index in [2.05, 4.69) is 72.8 Å². The summed E-state index contributed by atoms with van der Waals surface area (Å²) in [6.45, 7) is 17.5. The molecule has 0 spiro atoms. The minimum atomic E-state index is -0.243. The average molecular weight is 455 g/mol. The molecule has 0 heterocycles. The van der Waals surface area contributed by atoms with Gasteiger partial charge in [-0.15, -0.1) is 0 Å². The van der Waals surface area contributed by atoms with Crippen molar-refractivity contribution in [1.29, 1.82) is 0 Å². The lowest BCUT2D eigenvalue weighted by Gasteiger charge is -2.04. The fraction of sp³-hybridized carbons (Fsp3) is 0.581. The standard InChI is InChI=1S/C31H50O2/c1-25(2)14-9-10-16-27(5)18-12-20-29(7)22-23-33-31(32)24-30(8)21-13-19-28(6)17-11-15-26(3)4/h14-15,18-19,22,24H,9-13,16-17,20-21,23H2,1-8H3/b27-18+,28-19+,29-22+,30-24+. The van der Waals surface area contributed by atoms with Gasteiger partial charge in [0.05, 0.1) is 0 Å². The maximum Gasteiger partial charge on any atom is 0.331 e. The molecule has 0 aromatic rings. The number of ether oxygens (including phenoxy) is 1. The van der Waals surface area contributed by atoms with Crippen LogP contribution in [0.25, 0.3) is 0 Å². The SMILES string of the molecule is CC(C)=CCCC/C(C)=C/CC/C(C)=C/COC(=O)/C=C(\C)CC/C=C(\C)CCC=C(C)C. The van der Waals surface area contributed by atoms with Crippen LogP contribution in [0.3, 0.4) is 0 Å². The first kappa shape index (κ1) is 30.9. The van der Waals surface area contributed by atoms with Crippen LogP contribution in [0.2, 0.25) is 0 Å². The summed E-state index contributed by atoms with van der Waals surface area (Å²) in [5.41, 5.74) is 7.99. The Morgan fingerprint density at radius 1 is 0.545 bits per heavy atom. The van der Waals surface area contributed by atoms with E-state index in [9.17, 15) is 4.79 Å². The van der Waals surface area contributed by atoms with E-state index in [1.807, 2.05) is 13.0 Å². The molecule has 33 heavy (non-hydrogen) atoms. The van der Waals surface area contributed by atoms with Crippen molar-refractivity contribution in [2.75, 3.05) is 6.61 Å². The first-order valence-corrected chi connectivity index (χ1v) is 12.7. The van der Waals surface area contributed by atoms with E-state index >= 15 is 0 Å².